The number of methoxy groups -OCH3 is 1. The quantitative estimate of drug-likeness (QED) is 0.776. The van der Waals surface area contributed by atoms with Crippen LogP contribution in [0.2, 0.25) is 0 Å². The van der Waals surface area contributed by atoms with Gasteiger partial charge in [-0.1, -0.05) is 34.1 Å². The zero-order valence-electron chi connectivity index (χ0n) is 13.4. The van der Waals surface area contributed by atoms with Crippen LogP contribution in [0.5, 0.6) is 5.75 Å². The number of carbonyl (C=O) groups is 1. The van der Waals surface area contributed by atoms with Crippen molar-refractivity contribution in [2.24, 2.45) is 0 Å². The lowest BCUT2D eigenvalue weighted by Gasteiger charge is -2.11. The Bertz CT molecular complexity index is 674. The molecule has 0 saturated heterocycles. The number of ether oxygens (including phenoxy) is 1. The van der Waals surface area contributed by atoms with Gasteiger partial charge in [0.15, 0.2) is 0 Å². The Labute approximate surface area is 145 Å². The van der Waals surface area contributed by atoms with Crippen LogP contribution in [0, 0.1) is 6.92 Å². The first-order valence-corrected chi connectivity index (χ1v) is 8.28. The molecule has 23 heavy (non-hydrogen) atoms. The summed E-state index contributed by atoms with van der Waals surface area (Å²) in [7, 11) is 1.65. The number of hydrogen-bond donors (Lipinski definition) is 2. The molecule has 2 N–H and O–H groups in total. The Morgan fingerprint density at radius 1 is 1.22 bits per heavy atom. The van der Waals surface area contributed by atoms with Crippen LogP contribution in [0.15, 0.2) is 46.9 Å². The fourth-order valence-electron chi connectivity index (χ4n) is 2.31. The molecule has 0 aliphatic heterocycles. The summed E-state index contributed by atoms with van der Waals surface area (Å²) < 4.78 is 6.33. The van der Waals surface area contributed by atoms with Crippen LogP contribution in [-0.4, -0.2) is 26.1 Å². The maximum atomic E-state index is 11.9. The van der Waals surface area contributed by atoms with Gasteiger partial charge in [0.1, 0.15) is 5.75 Å². The van der Waals surface area contributed by atoms with Crippen LogP contribution < -0.4 is 15.4 Å². The summed E-state index contributed by atoms with van der Waals surface area (Å²) in [5.41, 5.74) is 3.15. The van der Waals surface area contributed by atoms with Crippen LogP contribution in [-0.2, 0) is 11.2 Å². The van der Waals surface area contributed by atoms with Gasteiger partial charge < -0.3 is 15.4 Å². The van der Waals surface area contributed by atoms with E-state index in [1.165, 1.54) is 0 Å². The molecule has 4 nitrogen and oxygen atoms in total. The molecular weight excluding hydrogens is 356 g/mol. The summed E-state index contributed by atoms with van der Waals surface area (Å²) >= 11 is 3.43. The summed E-state index contributed by atoms with van der Waals surface area (Å²) in [6, 6.07) is 13.8. The second kappa shape index (κ2) is 8.58. The number of benzene rings is 2. The number of carbonyl (C=O) groups excluding carboxylic acids is 1. The van der Waals surface area contributed by atoms with E-state index in [1.807, 2.05) is 49.4 Å². The zero-order chi connectivity index (χ0) is 16.7. The van der Waals surface area contributed by atoms with Gasteiger partial charge in [-0.2, -0.15) is 0 Å². The van der Waals surface area contributed by atoms with Crippen molar-refractivity contribution in [3.05, 3.63) is 58.1 Å². The Balaban J connectivity index is 1.77. The minimum absolute atomic E-state index is 0.0257. The van der Waals surface area contributed by atoms with Gasteiger partial charge in [-0.25, -0.2) is 0 Å². The summed E-state index contributed by atoms with van der Waals surface area (Å²) in [5.74, 6) is 0.826. The van der Waals surface area contributed by atoms with E-state index in [1.54, 1.807) is 7.11 Å². The molecule has 0 spiro atoms. The molecule has 0 radical (unpaired) electrons. The lowest BCUT2D eigenvalue weighted by Crippen LogP contribution is -2.31. The smallest absolute Gasteiger partial charge is 0.239 e. The third kappa shape index (κ3) is 5.28. The Hall–Kier alpha value is -2.01. The normalized spacial score (nSPS) is 10.2. The molecule has 0 unspecified atom stereocenters. The average molecular weight is 377 g/mol. The molecule has 0 fully saturated rings. The maximum Gasteiger partial charge on any atom is 0.239 e. The zero-order valence-corrected chi connectivity index (χ0v) is 14.9. The highest BCUT2D eigenvalue weighted by molar-refractivity contribution is 9.10. The molecule has 0 aromatic heterocycles. The molecule has 2 aromatic carbocycles. The van der Waals surface area contributed by atoms with Crippen LogP contribution in [0.25, 0.3) is 0 Å². The van der Waals surface area contributed by atoms with E-state index in [0.29, 0.717) is 6.54 Å². The Morgan fingerprint density at radius 2 is 2.00 bits per heavy atom. The van der Waals surface area contributed by atoms with Gasteiger partial charge in [-0.3, -0.25) is 4.79 Å². The van der Waals surface area contributed by atoms with E-state index in [2.05, 4.69) is 26.6 Å². The highest BCUT2D eigenvalue weighted by Crippen LogP contribution is 2.19. The second-order valence-corrected chi connectivity index (χ2v) is 6.14. The molecule has 1 amide bonds. The van der Waals surface area contributed by atoms with Crippen molar-refractivity contribution in [3.8, 4) is 5.75 Å². The number of nitrogens with one attached hydrogen (secondary N) is 2. The molecule has 0 bridgehead atoms. The van der Waals surface area contributed by atoms with E-state index in [0.717, 1.165) is 33.5 Å². The number of para-hydroxylation sites is 1. The average Bonchev–Trinajstić information content (AvgIpc) is 2.54. The Morgan fingerprint density at radius 3 is 2.74 bits per heavy atom. The molecule has 0 atom stereocenters. The van der Waals surface area contributed by atoms with E-state index >= 15 is 0 Å². The first-order valence-electron chi connectivity index (χ1n) is 7.49. The minimum Gasteiger partial charge on any atom is -0.496 e. The summed E-state index contributed by atoms with van der Waals surface area (Å²) in [4.78, 5) is 11.9. The summed E-state index contributed by atoms with van der Waals surface area (Å²) in [6.07, 6.45) is 0.743. The van der Waals surface area contributed by atoms with Gasteiger partial charge in [0.25, 0.3) is 0 Å². The molecule has 0 heterocycles. The summed E-state index contributed by atoms with van der Waals surface area (Å²) in [5, 5.41) is 6.07. The fraction of sp³-hybridized carbons (Fsp3) is 0.278. The van der Waals surface area contributed by atoms with Gasteiger partial charge in [0.2, 0.25) is 5.91 Å². The van der Waals surface area contributed by atoms with E-state index in [9.17, 15) is 4.79 Å². The van der Waals surface area contributed by atoms with Gasteiger partial charge in [-0.15, -0.1) is 0 Å². The monoisotopic (exact) mass is 376 g/mol. The Kier molecular flexibility index (Phi) is 6.47. The largest absolute Gasteiger partial charge is 0.496 e. The van der Waals surface area contributed by atoms with Gasteiger partial charge in [0.05, 0.1) is 13.7 Å². The van der Waals surface area contributed by atoms with Gasteiger partial charge in [-0.05, 0) is 48.7 Å². The molecule has 2 aromatic rings. The lowest BCUT2D eigenvalue weighted by atomic mass is 10.1. The molecule has 122 valence electrons. The molecule has 0 aliphatic rings. The van der Waals surface area contributed by atoms with Gasteiger partial charge >= 0.3 is 0 Å². The highest BCUT2D eigenvalue weighted by Gasteiger charge is 2.05. The van der Waals surface area contributed by atoms with Gasteiger partial charge in [0, 0.05) is 16.7 Å². The minimum atomic E-state index is -0.0257. The number of aryl methyl sites for hydroxylation is 1. The fourth-order valence-corrected chi connectivity index (χ4v) is 2.79. The number of amides is 1. The first-order chi connectivity index (χ1) is 11.1. The van der Waals surface area contributed by atoms with Crippen molar-refractivity contribution in [2.75, 3.05) is 25.5 Å². The van der Waals surface area contributed by atoms with Crippen LogP contribution >= 0.6 is 15.9 Å². The van der Waals surface area contributed by atoms with Crippen molar-refractivity contribution >= 4 is 27.5 Å². The molecule has 5 heteroatoms. The van der Waals surface area contributed by atoms with E-state index < -0.39 is 0 Å². The first kappa shape index (κ1) is 17.3. The van der Waals surface area contributed by atoms with E-state index in [-0.39, 0.29) is 12.5 Å². The van der Waals surface area contributed by atoms with Crippen LogP contribution in [0.4, 0.5) is 5.69 Å². The highest BCUT2D eigenvalue weighted by atomic mass is 79.9. The third-order valence-electron chi connectivity index (χ3n) is 3.54. The van der Waals surface area contributed by atoms with Crippen molar-refractivity contribution in [1.82, 2.24) is 5.32 Å². The molecule has 2 rings (SSSR count). The van der Waals surface area contributed by atoms with E-state index in [4.69, 9.17) is 4.74 Å². The number of anilines is 1. The number of rotatable bonds is 7. The lowest BCUT2D eigenvalue weighted by molar-refractivity contribution is -0.119. The van der Waals surface area contributed by atoms with Crippen molar-refractivity contribution in [2.45, 2.75) is 13.3 Å². The predicted molar refractivity (Wildman–Crippen MR) is 97.1 cm³/mol. The van der Waals surface area contributed by atoms with Crippen molar-refractivity contribution in [3.63, 3.8) is 0 Å². The number of hydrogen-bond acceptors (Lipinski definition) is 3. The number of halogens is 1. The second-order valence-electron chi connectivity index (χ2n) is 5.22. The maximum absolute atomic E-state index is 11.9. The SMILES string of the molecule is COc1ccccc1CCNC(=O)CNc1ccc(Br)cc1C. The van der Waals surface area contributed by atoms with Crippen molar-refractivity contribution < 1.29 is 9.53 Å². The van der Waals surface area contributed by atoms with Crippen LogP contribution in [0.3, 0.4) is 0 Å². The molecule has 0 saturated carbocycles. The third-order valence-corrected chi connectivity index (χ3v) is 4.03. The molecule has 0 aliphatic carbocycles. The predicted octanol–water partition coefficient (Wildman–Crippen LogP) is 3.54. The standard InChI is InChI=1S/C18H21BrN2O2/c1-13-11-15(19)7-8-16(13)21-12-18(22)20-10-9-14-5-3-4-6-17(14)23-2/h3-8,11,21H,9-10,12H2,1-2H3,(H,20,22). The van der Waals surface area contributed by atoms with Crippen molar-refractivity contribution in [1.29, 1.82) is 0 Å². The summed E-state index contributed by atoms with van der Waals surface area (Å²) in [6.45, 7) is 2.85. The topological polar surface area (TPSA) is 50.4 Å². The van der Waals surface area contributed by atoms with Crippen LogP contribution in [0.1, 0.15) is 11.1 Å². The molecular formula is C18H21BrN2O2.